The van der Waals surface area contributed by atoms with Crippen LogP contribution < -0.4 is 18.9 Å². The normalized spacial score (nSPS) is 17.4. The molecule has 0 radical (unpaired) electrons. The van der Waals surface area contributed by atoms with E-state index >= 15 is 0 Å². The molecular weight excluding hydrogens is 265 g/mol. The second-order valence-electron chi connectivity index (χ2n) is 4.64. The Morgan fingerprint density at radius 2 is 1.60 bits per heavy atom. The van der Waals surface area contributed by atoms with E-state index in [1.54, 1.807) is 12.1 Å². The molecule has 1 aliphatic heterocycles. The predicted octanol–water partition coefficient (Wildman–Crippen LogP) is -0.416. The molecule has 1 heterocycles. The predicted molar refractivity (Wildman–Crippen MR) is 73.9 cm³/mol. The quantitative estimate of drug-likeness (QED) is 0.435. The number of hydrogen-bond acceptors (Lipinski definition) is 2. The molecule has 5 heteroatoms. The third-order valence-corrected chi connectivity index (χ3v) is 5.00. The molecule has 0 spiro atoms. The Bertz CT molecular complexity index is 684. The van der Waals surface area contributed by atoms with Crippen LogP contribution in [0.4, 0.5) is 0 Å². The summed E-state index contributed by atoms with van der Waals surface area (Å²) < 4.78 is 26.2. The molecular formula is C15H14LiNO2S. The van der Waals surface area contributed by atoms with E-state index in [9.17, 15) is 8.42 Å². The van der Waals surface area contributed by atoms with Gasteiger partial charge in [0.2, 0.25) is 10.0 Å². The van der Waals surface area contributed by atoms with Gasteiger partial charge in [0.05, 0.1) is 4.90 Å². The van der Waals surface area contributed by atoms with Crippen molar-refractivity contribution in [2.75, 3.05) is 6.54 Å². The Labute approximate surface area is 131 Å². The molecule has 0 aliphatic carbocycles. The number of aryl methyl sites for hydroxylation is 1. The molecule has 3 rings (SSSR count). The SMILES string of the molecule is Cc1ccc(S(=O)(=O)N2C[C-]2c2ccccc2)cc1.[Li+]. The van der Waals surface area contributed by atoms with E-state index in [4.69, 9.17) is 0 Å². The van der Waals surface area contributed by atoms with Gasteiger partial charge in [0.15, 0.2) is 0 Å². The Balaban J connectivity index is 0.00000147. The van der Waals surface area contributed by atoms with Crippen LogP contribution in [-0.4, -0.2) is 19.3 Å². The number of hydrogen-bond donors (Lipinski definition) is 0. The fraction of sp³-hybridized carbons (Fsp3) is 0.133. The summed E-state index contributed by atoms with van der Waals surface area (Å²) >= 11 is 0. The van der Waals surface area contributed by atoms with Crippen molar-refractivity contribution in [1.82, 2.24) is 4.31 Å². The van der Waals surface area contributed by atoms with Gasteiger partial charge in [-0.25, -0.2) is 12.7 Å². The molecule has 1 fully saturated rings. The molecule has 0 amide bonds. The van der Waals surface area contributed by atoms with Crippen LogP contribution in [0.25, 0.3) is 0 Å². The smallest absolute Gasteiger partial charge is 0.229 e. The largest absolute Gasteiger partial charge is 1.00 e. The maximum absolute atomic E-state index is 12.4. The van der Waals surface area contributed by atoms with Crippen LogP contribution in [0, 0.1) is 13.0 Å². The van der Waals surface area contributed by atoms with Crippen LogP contribution in [0.5, 0.6) is 0 Å². The van der Waals surface area contributed by atoms with Crippen LogP contribution in [0.3, 0.4) is 0 Å². The topological polar surface area (TPSA) is 37.1 Å². The van der Waals surface area contributed by atoms with Crippen LogP contribution >= 0.6 is 0 Å². The molecule has 1 atom stereocenters. The maximum atomic E-state index is 12.4. The minimum absolute atomic E-state index is 0. The summed E-state index contributed by atoms with van der Waals surface area (Å²) in [6.07, 6.45) is 0. The minimum atomic E-state index is -3.38. The Morgan fingerprint density at radius 1 is 1.00 bits per heavy atom. The first-order valence-corrected chi connectivity index (χ1v) is 7.54. The summed E-state index contributed by atoms with van der Waals surface area (Å²) in [6.45, 7) is 2.43. The van der Waals surface area contributed by atoms with Crippen molar-refractivity contribution in [2.24, 2.45) is 0 Å². The molecule has 20 heavy (non-hydrogen) atoms. The molecule has 2 aromatic rings. The fourth-order valence-corrected chi connectivity index (χ4v) is 3.46. The summed E-state index contributed by atoms with van der Waals surface area (Å²) in [5.41, 5.74) is 2.02. The van der Waals surface area contributed by atoms with Gasteiger partial charge in [0.1, 0.15) is 0 Å². The standard InChI is InChI=1S/C15H14NO2S.Li/c1-12-7-9-14(10-8-12)19(17,18)16-11-15(16)13-5-3-2-4-6-13;/h2-10H,11H2,1H3;/q-1;+1. The molecule has 1 saturated heterocycles. The molecule has 1 unspecified atom stereocenters. The van der Waals surface area contributed by atoms with E-state index in [1.807, 2.05) is 49.4 Å². The number of nitrogens with zero attached hydrogens (tertiary/aromatic N) is 1. The molecule has 0 saturated carbocycles. The average molecular weight is 279 g/mol. The second-order valence-corrected chi connectivity index (χ2v) is 6.50. The van der Waals surface area contributed by atoms with Gasteiger partial charge in [0.25, 0.3) is 0 Å². The summed E-state index contributed by atoms with van der Waals surface area (Å²) in [7, 11) is -3.38. The molecule has 1 aliphatic rings. The van der Waals surface area contributed by atoms with Crippen molar-refractivity contribution < 1.29 is 27.3 Å². The Hall–Kier alpha value is -1.18. The van der Waals surface area contributed by atoms with Gasteiger partial charge >= 0.3 is 18.9 Å². The zero-order valence-corrected chi connectivity index (χ0v) is 12.4. The van der Waals surface area contributed by atoms with Gasteiger partial charge in [-0.05, 0) is 25.6 Å². The maximum Gasteiger partial charge on any atom is 1.00 e. The summed E-state index contributed by atoms with van der Waals surface area (Å²) in [6, 6.07) is 17.4. The summed E-state index contributed by atoms with van der Waals surface area (Å²) in [5.74, 6) is 0. The van der Waals surface area contributed by atoms with Crippen LogP contribution in [-0.2, 0) is 10.0 Å². The van der Waals surface area contributed by atoms with Gasteiger partial charge in [0, 0.05) is 0 Å². The molecule has 0 N–H and O–H groups in total. The molecule has 0 bridgehead atoms. The van der Waals surface area contributed by atoms with Gasteiger partial charge < -0.3 is 0 Å². The van der Waals surface area contributed by atoms with E-state index in [0.717, 1.165) is 17.2 Å². The van der Waals surface area contributed by atoms with E-state index in [2.05, 4.69) is 0 Å². The monoisotopic (exact) mass is 279 g/mol. The van der Waals surface area contributed by atoms with Gasteiger partial charge in [-0.1, -0.05) is 29.8 Å². The van der Waals surface area contributed by atoms with Crippen molar-refractivity contribution in [3.05, 3.63) is 71.8 Å². The summed E-state index contributed by atoms with van der Waals surface area (Å²) in [5, 5.41) is 0. The van der Waals surface area contributed by atoms with E-state index in [0.29, 0.717) is 11.4 Å². The van der Waals surface area contributed by atoms with Crippen molar-refractivity contribution in [1.29, 1.82) is 0 Å². The number of rotatable bonds is 3. The molecule has 98 valence electrons. The van der Waals surface area contributed by atoms with Gasteiger partial charge in [-0.15, -0.1) is 12.1 Å². The van der Waals surface area contributed by atoms with Crippen molar-refractivity contribution in [3.63, 3.8) is 0 Å². The van der Waals surface area contributed by atoms with Gasteiger partial charge in [-0.2, -0.15) is 17.7 Å². The van der Waals surface area contributed by atoms with Crippen LogP contribution in [0.1, 0.15) is 11.1 Å². The zero-order chi connectivity index (χ0) is 13.5. The third kappa shape index (κ3) is 2.79. The van der Waals surface area contributed by atoms with Crippen LogP contribution in [0.2, 0.25) is 0 Å². The molecule has 2 aromatic carbocycles. The average Bonchev–Trinajstić information content (AvgIpc) is 3.21. The Kier molecular flexibility index (Phi) is 4.31. The minimum Gasteiger partial charge on any atom is -0.229 e. The first-order valence-electron chi connectivity index (χ1n) is 6.10. The fourth-order valence-electron chi connectivity index (χ4n) is 2.03. The van der Waals surface area contributed by atoms with Gasteiger partial charge in [-0.3, -0.25) is 0 Å². The third-order valence-electron chi connectivity index (χ3n) is 3.21. The first kappa shape index (κ1) is 15.2. The first-order chi connectivity index (χ1) is 9.09. The summed E-state index contributed by atoms with van der Waals surface area (Å²) in [4.78, 5) is 0.351. The number of benzene rings is 2. The zero-order valence-electron chi connectivity index (χ0n) is 11.6. The van der Waals surface area contributed by atoms with Crippen molar-refractivity contribution in [3.8, 4) is 0 Å². The molecule has 3 nitrogen and oxygen atoms in total. The van der Waals surface area contributed by atoms with E-state index in [-0.39, 0.29) is 18.9 Å². The van der Waals surface area contributed by atoms with E-state index < -0.39 is 10.0 Å². The van der Waals surface area contributed by atoms with Crippen molar-refractivity contribution in [2.45, 2.75) is 11.8 Å². The van der Waals surface area contributed by atoms with Crippen LogP contribution in [0.15, 0.2) is 59.5 Å². The second kappa shape index (κ2) is 5.67. The molecule has 0 aromatic heterocycles. The van der Waals surface area contributed by atoms with Crippen molar-refractivity contribution >= 4 is 10.0 Å². The number of sulfonamides is 1. The Morgan fingerprint density at radius 3 is 2.20 bits per heavy atom. The van der Waals surface area contributed by atoms with E-state index in [1.165, 1.54) is 4.31 Å².